The third-order valence-corrected chi connectivity index (χ3v) is 3.87. The molecule has 23 heavy (non-hydrogen) atoms. The molecule has 0 aliphatic rings. The average Bonchev–Trinajstić information content (AvgIpc) is 2.90. The Bertz CT molecular complexity index is 906. The van der Waals surface area contributed by atoms with Crippen LogP contribution in [0.4, 0.5) is 0 Å². The first-order chi connectivity index (χ1) is 11.2. The van der Waals surface area contributed by atoms with Gasteiger partial charge in [0, 0.05) is 22.8 Å². The van der Waals surface area contributed by atoms with Crippen LogP contribution in [0.3, 0.4) is 0 Å². The monoisotopic (exact) mass is 307 g/mol. The van der Waals surface area contributed by atoms with Crippen molar-refractivity contribution in [2.45, 2.75) is 13.8 Å². The zero-order valence-electron chi connectivity index (χ0n) is 12.9. The summed E-state index contributed by atoms with van der Waals surface area (Å²) in [5.74, 6) is 0.208. The summed E-state index contributed by atoms with van der Waals surface area (Å²) >= 11 is 0. The number of hydrogen-bond donors (Lipinski definition) is 2. The van der Waals surface area contributed by atoms with E-state index < -0.39 is 0 Å². The minimum absolute atomic E-state index is 0.208. The lowest BCUT2D eigenvalue weighted by atomic mass is 10.1. The molecule has 2 aromatic heterocycles. The summed E-state index contributed by atoms with van der Waals surface area (Å²) in [6.45, 7) is 3.96. The molecule has 116 valence electrons. The lowest BCUT2D eigenvalue weighted by Gasteiger charge is -2.11. The summed E-state index contributed by atoms with van der Waals surface area (Å²) in [5, 5.41) is 22.7. The first-order valence-corrected chi connectivity index (χ1v) is 7.27. The van der Waals surface area contributed by atoms with Crippen molar-refractivity contribution < 1.29 is 10.3 Å². The van der Waals surface area contributed by atoms with Gasteiger partial charge in [0.05, 0.1) is 11.9 Å². The number of nitrogens with zero attached hydrogens (tertiary/aromatic N) is 3. The number of pyridine rings is 1. The molecule has 5 nitrogen and oxygen atoms in total. The van der Waals surface area contributed by atoms with Crippen LogP contribution in [0.1, 0.15) is 25.1 Å². The van der Waals surface area contributed by atoms with Gasteiger partial charge in [-0.25, -0.2) is 4.98 Å². The number of fused-ring (bicyclic) bond motifs is 1. The van der Waals surface area contributed by atoms with Gasteiger partial charge >= 0.3 is 0 Å². The number of phenolic OH excluding ortho intramolecular Hbond substituents is 1. The molecule has 0 radical (unpaired) electrons. The number of oxime groups is 1. The Labute approximate surface area is 133 Å². The maximum Gasteiger partial charge on any atom is 0.145 e. The summed E-state index contributed by atoms with van der Waals surface area (Å²) in [7, 11) is 0. The highest BCUT2D eigenvalue weighted by Gasteiger charge is 2.19. The molecule has 2 heterocycles. The lowest BCUT2D eigenvalue weighted by Crippen LogP contribution is -2.01. The van der Waals surface area contributed by atoms with Crippen LogP contribution in [0.15, 0.2) is 53.8 Å². The maximum absolute atomic E-state index is 9.54. The molecule has 3 aromatic rings. The number of aromatic hydroxyl groups is 1. The molecule has 3 rings (SSSR count). The number of rotatable bonds is 3. The van der Waals surface area contributed by atoms with E-state index in [0.717, 1.165) is 33.6 Å². The number of phenols is 1. The minimum atomic E-state index is 0.208. The van der Waals surface area contributed by atoms with Crippen molar-refractivity contribution in [1.82, 2.24) is 9.55 Å². The van der Waals surface area contributed by atoms with E-state index >= 15 is 0 Å². The van der Waals surface area contributed by atoms with Crippen LogP contribution >= 0.6 is 0 Å². The van der Waals surface area contributed by atoms with E-state index in [2.05, 4.69) is 10.1 Å². The van der Waals surface area contributed by atoms with Crippen LogP contribution in [0, 0.1) is 0 Å². The van der Waals surface area contributed by atoms with E-state index in [-0.39, 0.29) is 5.75 Å². The Balaban J connectivity index is 2.46. The quantitative estimate of drug-likeness (QED) is 0.437. The first kappa shape index (κ1) is 14.8. The first-order valence-electron chi connectivity index (χ1n) is 7.27. The van der Waals surface area contributed by atoms with Crippen LogP contribution in [0.2, 0.25) is 0 Å². The van der Waals surface area contributed by atoms with Crippen molar-refractivity contribution >= 4 is 22.8 Å². The number of benzene rings is 1. The predicted octanol–water partition coefficient (Wildman–Crippen LogP) is 3.96. The van der Waals surface area contributed by atoms with Crippen molar-refractivity contribution in [3.63, 3.8) is 0 Å². The summed E-state index contributed by atoms with van der Waals surface area (Å²) in [5.41, 5.74) is 4.39. The normalized spacial score (nSPS) is 12.3. The molecule has 0 saturated carbocycles. The molecule has 5 heteroatoms. The fourth-order valence-corrected chi connectivity index (χ4v) is 2.71. The molecule has 0 bridgehead atoms. The average molecular weight is 307 g/mol. The van der Waals surface area contributed by atoms with E-state index in [1.807, 2.05) is 48.8 Å². The fourth-order valence-electron chi connectivity index (χ4n) is 2.71. The second kappa shape index (κ2) is 5.96. The summed E-state index contributed by atoms with van der Waals surface area (Å²) in [6.07, 6.45) is 5.16. The molecular weight excluding hydrogens is 290 g/mol. The molecule has 0 fully saturated rings. The van der Waals surface area contributed by atoms with Gasteiger partial charge in [-0.3, -0.25) is 4.57 Å². The number of allylic oxidation sites excluding steroid dienone is 2. The van der Waals surface area contributed by atoms with Gasteiger partial charge in [-0.2, -0.15) is 0 Å². The largest absolute Gasteiger partial charge is 0.508 e. The Morgan fingerprint density at radius 3 is 2.61 bits per heavy atom. The van der Waals surface area contributed by atoms with Crippen molar-refractivity contribution in [3.05, 3.63) is 59.9 Å². The van der Waals surface area contributed by atoms with Gasteiger partial charge in [0.1, 0.15) is 11.4 Å². The molecule has 0 atom stereocenters. The van der Waals surface area contributed by atoms with E-state index in [4.69, 9.17) is 5.21 Å². The molecule has 2 N–H and O–H groups in total. The topological polar surface area (TPSA) is 70.6 Å². The smallest absolute Gasteiger partial charge is 0.145 e. The van der Waals surface area contributed by atoms with Crippen LogP contribution in [0.25, 0.3) is 22.3 Å². The van der Waals surface area contributed by atoms with Crippen LogP contribution < -0.4 is 0 Å². The molecule has 1 aromatic carbocycles. The highest BCUT2D eigenvalue weighted by atomic mass is 16.4. The van der Waals surface area contributed by atoms with Gasteiger partial charge in [0.2, 0.25) is 0 Å². The zero-order valence-corrected chi connectivity index (χ0v) is 12.9. The van der Waals surface area contributed by atoms with Crippen LogP contribution in [-0.4, -0.2) is 26.1 Å². The SMILES string of the molecule is C/C=C(\C)c1c(C=NO)c2cccnc2n1-c1ccc(O)cc1. The zero-order chi connectivity index (χ0) is 16.4. The summed E-state index contributed by atoms with van der Waals surface area (Å²) in [4.78, 5) is 4.49. The van der Waals surface area contributed by atoms with Crippen LogP contribution in [0.5, 0.6) is 5.75 Å². The van der Waals surface area contributed by atoms with Crippen molar-refractivity contribution in [2.75, 3.05) is 0 Å². The molecule has 0 aliphatic carbocycles. The Morgan fingerprint density at radius 1 is 1.22 bits per heavy atom. The van der Waals surface area contributed by atoms with E-state index in [9.17, 15) is 5.11 Å². The Kier molecular flexibility index (Phi) is 3.85. The molecule has 0 saturated heterocycles. The fraction of sp³-hybridized carbons (Fsp3) is 0.111. The van der Waals surface area contributed by atoms with Gasteiger partial charge in [-0.05, 0) is 55.8 Å². The van der Waals surface area contributed by atoms with Gasteiger partial charge in [0.15, 0.2) is 0 Å². The van der Waals surface area contributed by atoms with Crippen molar-refractivity contribution in [1.29, 1.82) is 0 Å². The van der Waals surface area contributed by atoms with E-state index in [1.54, 1.807) is 18.3 Å². The van der Waals surface area contributed by atoms with Gasteiger partial charge < -0.3 is 10.3 Å². The van der Waals surface area contributed by atoms with E-state index in [0.29, 0.717) is 0 Å². The standard InChI is InChI=1S/C18H17N3O2/c1-3-12(2)17-16(11-20-23)15-5-4-10-19-18(15)21(17)13-6-8-14(22)9-7-13/h3-11,22-23H,1-2H3/b12-3+,20-11?. The van der Waals surface area contributed by atoms with Gasteiger partial charge in [-0.15, -0.1) is 0 Å². The van der Waals surface area contributed by atoms with Gasteiger partial charge in [-0.1, -0.05) is 11.2 Å². The predicted molar refractivity (Wildman–Crippen MR) is 91.4 cm³/mol. The minimum Gasteiger partial charge on any atom is -0.508 e. The molecule has 0 spiro atoms. The number of aromatic nitrogens is 2. The van der Waals surface area contributed by atoms with Crippen molar-refractivity contribution in [2.24, 2.45) is 5.16 Å². The summed E-state index contributed by atoms with van der Waals surface area (Å²) in [6, 6.07) is 10.7. The lowest BCUT2D eigenvalue weighted by molar-refractivity contribution is 0.322. The Hall–Kier alpha value is -3.08. The van der Waals surface area contributed by atoms with Gasteiger partial charge in [0.25, 0.3) is 0 Å². The highest BCUT2D eigenvalue weighted by Crippen LogP contribution is 2.32. The second-order valence-corrected chi connectivity index (χ2v) is 5.20. The highest BCUT2D eigenvalue weighted by molar-refractivity contribution is 6.04. The third kappa shape index (κ3) is 2.46. The molecule has 0 unspecified atom stereocenters. The maximum atomic E-state index is 9.54. The molecule has 0 aliphatic heterocycles. The second-order valence-electron chi connectivity index (χ2n) is 5.20. The van der Waals surface area contributed by atoms with E-state index in [1.165, 1.54) is 6.21 Å². The number of hydrogen-bond acceptors (Lipinski definition) is 4. The molecule has 0 amide bonds. The third-order valence-electron chi connectivity index (χ3n) is 3.87. The summed E-state index contributed by atoms with van der Waals surface area (Å²) < 4.78 is 2.00. The van der Waals surface area contributed by atoms with Crippen LogP contribution in [-0.2, 0) is 0 Å². The Morgan fingerprint density at radius 2 is 1.96 bits per heavy atom. The molecular formula is C18H17N3O2. The van der Waals surface area contributed by atoms with Crippen molar-refractivity contribution in [3.8, 4) is 11.4 Å².